The quantitative estimate of drug-likeness (QED) is 0.781. The Morgan fingerprint density at radius 3 is 2.53 bits per heavy atom. The van der Waals surface area contributed by atoms with Crippen LogP contribution in [0, 0.1) is 6.92 Å². The molecule has 2 rings (SSSR count). The van der Waals surface area contributed by atoms with Crippen molar-refractivity contribution in [2.24, 2.45) is 0 Å². The van der Waals surface area contributed by atoms with Gasteiger partial charge in [0.15, 0.2) is 0 Å². The van der Waals surface area contributed by atoms with E-state index in [1.807, 2.05) is 37.3 Å². The Bertz CT molecular complexity index is 522. The second-order valence-electron chi connectivity index (χ2n) is 3.99. The van der Waals surface area contributed by atoms with Crippen molar-refractivity contribution in [1.82, 2.24) is 0 Å². The molecule has 0 saturated heterocycles. The molecule has 0 aliphatic heterocycles. The van der Waals surface area contributed by atoms with Crippen molar-refractivity contribution in [1.29, 1.82) is 0 Å². The molecule has 0 fully saturated rings. The van der Waals surface area contributed by atoms with Crippen molar-refractivity contribution < 1.29 is 0 Å². The molecule has 4 heteroatoms. The van der Waals surface area contributed by atoms with E-state index in [9.17, 15) is 0 Å². The highest BCUT2D eigenvalue weighted by Crippen LogP contribution is 2.31. The summed E-state index contributed by atoms with van der Waals surface area (Å²) in [4.78, 5) is 1.20. The molecule has 0 spiro atoms. The number of thiophene rings is 1. The Morgan fingerprint density at radius 1 is 1.18 bits per heavy atom. The van der Waals surface area contributed by atoms with E-state index < -0.39 is 0 Å². The molecule has 0 bridgehead atoms. The third-order valence-corrected chi connectivity index (χ3v) is 4.24. The van der Waals surface area contributed by atoms with Gasteiger partial charge in [0.1, 0.15) is 0 Å². The summed E-state index contributed by atoms with van der Waals surface area (Å²) in [6.07, 6.45) is 0. The van der Waals surface area contributed by atoms with Crippen LogP contribution >= 0.6 is 34.5 Å². The summed E-state index contributed by atoms with van der Waals surface area (Å²) in [6, 6.07) is 10.2. The number of anilines is 1. The minimum atomic E-state index is 0.202. The Kier molecular flexibility index (Phi) is 3.97. The van der Waals surface area contributed by atoms with Gasteiger partial charge in [-0.05, 0) is 43.7 Å². The number of nitrogens with one attached hydrogen (secondary N) is 1. The van der Waals surface area contributed by atoms with Crippen molar-refractivity contribution >= 4 is 40.2 Å². The predicted molar refractivity (Wildman–Crippen MR) is 77.6 cm³/mol. The van der Waals surface area contributed by atoms with Crippen LogP contribution in [0.2, 0.25) is 9.36 Å². The second-order valence-corrected chi connectivity index (χ2v) is 6.15. The maximum absolute atomic E-state index is 6.18. The fourth-order valence-corrected chi connectivity index (χ4v) is 2.96. The first-order chi connectivity index (χ1) is 8.06. The number of halogens is 2. The van der Waals surface area contributed by atoms with E-state index >= 15 is 0 Å². The van der Waals surface area contributed by atoms with E-state index in [4.69, 9.17) is 23.2 Å². The van der Waals surface area contributed by atoms with E-state index in [1.165, 1.54) is 4.88 Å². The van der Waals surface area contributed by atoms with Crippen LogP contribution in [-0.4, -0.2) is 0 Å². The molecule has 0 aliphatic carbocycles. The normalized spacial score (nSPS) is 12.5. The lowest BCUT2D eigenvalue weighted by molar-refractivity contribution is 0.908. The van der Waals surface area contributed by atoms with Crippen LogP contribution in [0.1, 0.15) is 23.4 Å². The number of hydrogen-bond acceptors (Lipinski definition) is 2. The summed E-state index contributed by atoms with van der Waals surface area (Å²) in [5.41, 5.74) is 2.11. The van der Waals surface area contributed by atoms with Gasteiger partial charge in [-0.15, -0.1) is 11.3 Å². The molecule has 0 saturated carbocycles. The maximum Gasteiger partial charge on any atom is 0.0932 e. The van der Waals surface area contributed by atoms with Gasteiger partial charge in [0.25, 0.3) is 0 Å². The summed E-state index contributed by atoms with van der Waals surface area (Å²) in [7, 11) is 0. The van der Waals surface area contributed by atoms with Crippen molar-refractivity contribution in [2.75, 3.05) is 5.32 Å². The smallest absolute Gasteiger partial charge is 0.0932 e. The van der Waals surface area contributed by atoms with Gasteiger partial charge >= 0.3 is 0 Å². The predicted octanol–water partition coefficient (Wildman–Crippen LogP) is 5.54. The van der Waals surface area contributed by atoms with E-state index in [-0.39, 0.29) is 6.04 Å². The molecule has 1 aromatic heterocycles. The standard InChI is InChI=1S/C13H13Cl2NS/c1-8-3-4-11(10(14)7-8)16-9(2)12-5-6-13(15)17-12/h3-7,9,16H,1-2H3. The molecule has 17 heavy (non-hydrogen) atoms. The van der Waals surface area contributed by atoms with E-state index in [2.05, 4.69) is 12.2 Å². The first-order valence-corrected chi connectivity index (χ1v) is 6.91. The Hall–Kier alpha value is -0.700. The van der Waals surface area contributed by atoms with Crippen molar-refractivity contribution in [3.8, 4) is 0 Å². The van der Waals surface area contributed by atoms with Crippen molar-refractivity contribution in [3.05, 3.63) is 50.1 Å². The molecule has 90 valence electrons. The third-order valence-electron chi connectivity index (χ3n) is 2.52. The molecule has 1 unspecified atom stereocenters. The fraction of sp³-hybridized carbons (Fsp3) is 0.231. The zero-order chi connectivity index (χ0) is 12.4. The van der Waals surface area contributed by atoms with Gasteiger partial charge in [-0.25, -0.2) is 0 Å². The average molecular weight is 286 g/mol. The maximum atomic E-state index is 6.18. The second kappa shape index (κ2) is 5.30. The molecular formula is C13H13Cl2NS. The third kappa shape index (κ3) is 3.15. The van der Waals surface area contributed by atoms with Crippen LogP contribution in [0.25, 0.3) is 0 Å². The lowest BCUT2D eigenvalue weighted by atomic mass is 10.2. The molecule has 1 atom stereocenters. The molecule has 2 aromatic rings. The minimum absolute atomic E-state index is 0.202. The fourth-order valence-electron chi connectivity index (χ4n) is 1.60. The average Bonchev–Trinajstić information content (AvgIpc) is 2.69. The van der Waals surface area contributed by atoms with Crippen molar-refractivity contribution in [3.63, 3.8) is 0 Å². The number of rotatable bonds is 3. The number of benzene rings is 1. The minimum Gasteiger partial charge on any atom is -0.377 e. The highest BCUT2D eigenvalue weighted by molar-refractivity contribution is 7.16. The summed E-state index contributed by atoms with van der Waals surface area (Å²) in [6.45, 7) is 4.12. The highest BCUT2D eigenvalue weighted by atomic mass is 35.5. The molecule has 1 nitrogen and oxygen atoms in total. The zero-order valence-corrected chi connectivity index (χ0v) is 12.0. The van der Waals surface area contributed by atoms with E-state index in [0.717, 1.165) is 20.6 Å². The molecule has 0 radical (unpaired) electrons. The van der Waals surface area contributed by atoms with Crippen molar-refractivity contribution in [2.45, 2.75) is 19.9 Å². The topological polar surface area (TPSA) is 12.0 Å². The van der Waals surface area contributed by atoms with Gasteiger partial charge in [0.2, 0.25) is 0 Å². The first kappa shape index (κ1) is 12.7. The monoisotopic (exact) mass is 285 g/mol. The molecule has 1 N–H and O–H groups in total. The van der Waals surface area contributed by atoms with Crippen LogP contribution in [0.4, 0.5) is 5.69 Å². The summed E-state index contributed by atoms with van der Waals surface area (Å²) in [5, 5.41) is 4.14. The summed E-state index contributed by atoms with van der Waals surface area (Å²) < 4.78 is 0.809. The SMILES string of the molecule is Cc1ccc(NC(C)c2ccc(Cl)s2)c(Cl)c1. The molecule has 1 aromatic carbocycles. The van der Waals surface area contributed by atoms with Gasteiger partial charge in [-0.1, -0.05) is 29.3 Å². The Balaban J connectivity index is 2.15. The van der Waals surface area contributed by atoms with E-state index in [1.54, 1.807) is 11.3 Å². The Labute approximate surface area is 115 Å². The Morgan fingerprint density at radius 2 is 1.94 bits per heavy atom. The van der Waals surface area contributed by atoms with Gasteiger partial charge in [-0.2, -0.15) is 0 Å². The summed E-state index contributed by atoms with van der Waals surface area (Å²) >= 11 is 13.7. The van der Waals surface area contributed by atoms with Crippen LogP contribution in [0.5, 0.6) is 0 Å². The number of aryl methyl sites for hydroxylation is 1. The molecule has 1 heterocycles. The summed E-state index contributed by atoms with van der Waals surface area (Å²) in [5.74, 6) is 0. The lowest BCUT2D eigenvalue weighted by Crippen LogP contribution is -2.05. The van der Waals surface area contributed by atoms with Crippen LogP contribution in [-0.2, 0) is 0 Å². The molecular weight excluding hydrogens is 273 g/mol. The van der Waals surface area contributed by atoms with Crippen LogP contribution < -0.4 is 5.32 Å². The first-order valence-electron chi connectivity index (χ1n) is 5.34. The van der Waals surface area contributed by atoms with E-state index in [0.29, 0.717) is 0 Å². The number of hydrogen-bond donors (Lipinski definition) is 1. The van der Waals surface area contributed by atoms with Crippen LogP contribution in [0.3, 0.4) is 0 Å². The van der Waals surface area contributed by atoms with Crippen LogP contribution in [0.15, 0.2) is 30.3 Å². The highest BCUT2D eigenvalue weighted by Gasteiger charge is 2.09. The van der Waals surface area contributed by atoms with Gasteiger partial charge in [-0.3, -0.25) is 0 Å². The molecule has 0 amide bonds. The van der Waals surface area contributed by atoms with Gasteiger partial charge in [0, 0.05) is 4.88 Å². The lowest BCUT2D eigenvalue weighted by Gasteiger charge is -2.15. The van der Waals surface area contributed by atoms with Gasteiger partial charge in [0.05, 0.1) is 21.1 Å². The molecule has 0 aliphatic rings. The zero-order valence-electron chi connectivity index (χ0n) is 9.63. The largest absolute Gasteiger partial charge is 0.377 e. The van der Waals surface area contributed by atoms with Gasteiger partial charge < -0.3 is 5.32 Å².